The highest BCUT2D eigenvalue weighted by atomic mass is 19.4. The van der Waals surface area contributed by atoms with Gasteiger partial charge in [0.2, 0.25) is 0 Å². The van der Waals surface area contributed by atoms with E-state index in [1.165, 1.54) is 35.2 Å². The molecule has 5 nitrogen and oxygen atoms in total. The van der Waals surface area contributed by atoms with Crippen LogP contribution in [0.3, 0.4) is 0 Å². The van der Waals surface area contributed by atoms with Crippen LogP contribution < -0.4 is 4.74 Å². The molecule has 1 aromatic carbocycles. The number of benzene rings is 1. The SMILES string of the molecule is Cc1cc(C(=O)N(C)Cc2ccc(OC(F)(F)F)cc2)no1. The predicted molar refractivity (Wildman–Crippen MR) is 70.2 cm³/mol. The molecule has 0 aliphatic heterocycles. The molecule has 0 unspecified atom stereocenters. The zero-order chi connectivity index (χ0) is 16.3. The minimum absolute atomic E-state index is 0.178. The van der Waals surface area contributed by atoms with E-state index in [2.05, 4.69) is 9.89 Å². The van der Waals surface area contributed by atoms with Gasteiger partial charge in [-0.1, -0.05) is 17.3 Å². The van der Waals surface area contributed by atoms with Crippen molar-refractivity contribution in [2.24, 2.45) is 0 Å². The molecule has 0 bridgehead atoms. The average molecular weight is 314 g/mol. The van der Waals surface area contributed by atoms with Gasteiger partial charge in [-0.15, -0.1) is 13.2 Å². The largest absolute Gasteiger partial charge is 0.573 e. The third-order valence-electron chi connectivity index (χ3n) is 2.77. The van der Waals surface area contributed by atoms with E-state index >= 15 is 0 Å². The van der Waals surface area contributed by atoms with E-state index in [1.807, 2.05) is 0 Å². The zero-order valence-electron chi connectivity index (χ0n) is 11.8. The maximum absolute atomic E-state index is 12.1. The molecule has 0 aliphatic carbocycles. The van der Waals surface area contributed by atoms with E-state index in [0.717, 1.165) is 0 Å². The van der Waals surface area contributed by atoms with Gasteiger partial charge in [-0.05, 0) is 24.6 Å². The summed E-state index contributed by atoms with van der Waals surface area (Å²) in [6.07, 6.45) is -4.72. The van der Waals surface area contributed by atoms with Crippen molar-refractivity contribution >= 4 is 5.91 Å². The highest BCUT2D eigenvalue weighted by Crippen LogP contribution is 2.23. The van der Waals surface area contributed by atoms with Gasteiger partial charge < -0.3 is 14.2 Å². The number of amides is 1. The minimum Gasteiger partial charge on any atom is -0.406 e. The summed E-state index contributed by atoms with van der Waals surface area (Å²) in [5.74, 6) is -0.129. The molecule has 1 amide bonds. The van der Waals surface area contributed by atoms with Crippen molar-refractivity contribution in [3.8, 4) is 5.75 Å². The Bertz CT molecular complexity index is 650. The van der Waals surface area contributed by atoms with Crippen LogP contribution in [0.5, 0.6) is 5.75 Å². The van der Waals surface area contributed by atoms with Crippen LogP contribution >= 0.6 is 0 Å². The molecule has 0 aliphatic rings. The van der Waals surface area contributed by atoms with Gasteiger partial charge in [0.25, 0.3) is 5.91 Å². The molecule has 2 aromatic rings. The number of hydrogen-bond donors (Lipinski definition) is 0. The molecule has 0 N–H and O–H groups in total. The molecular weight excluding hydrogens is 301 g/mol. The molecule has 1 heterocycles. The van der Waals surface area contributed by atoms with Crippen molar-refractivity contribution in [1.82, 2.24) is 10.1 Å². The first-order valence-electron chi connectivity index (χ1n) is 6.28. The summed E-state index contributed by atoms with van der Waals surface area (Å²) in [6.45, 7) is 1.89. The van der Waals surface area contributed by atoms with Gasteiger partial charge in [-0.3, -0.25) is 4.79 Å². The van der Waals surface area contributed by atoms with Crippen LogP contribution in [-0.2, 0) is 6.54 Å². The van der Waals surface area contributed by atoms with Gasteiger partial charge in [-0.25, -0.2) is 0 Å². The smallest absolute Gasteiger partial charge is 0.406 e. The van der Waals surface area contributed by atoms with Gasteiger partial charge >= 0.3 is 6.36 Å². The summed E-state index contributed by atoms with van der Waals surface area (Å²) in [5, 5.41) is 3.62. The number of nitrogens with zero attached hydrogens (tertiary/aromatic N) is 2. The molecule has 0 radical (unpaired) electrons. The molecule has 2 rings (SSSR count). The molecular formula is C14H13F3N2O3. The number of ether oxygens (including phenoxy) is 1. The fourth-order valence-corrected chi connectivity index (χ4v) is 1.80. The third kappa shape index (κ3) is 4.24. The summed E-state index contributed by atoms with van der Waals surface area (Å²) in [6, 6.07) is 6.82. The van der Waals surface area contributed by atoms with E-state index in [0.29, 0.717) is 11.3 Å². The zero-order valence-corrected chi connectivity index (χ0v) is 11.8. The minimum atomic E-state index is -4.72. The van der Waals surface area contributed by atoms with Crippen LogP contribution in [0.25, 0.3) is 0 Å². The second-order valence-electron chi connectivity index (χ2n) is 4.68. The van der Waals surface area contributed by atoms with Gasteiger partial charge in [0.1, 0.15) is 11.5 Å². The Balaban J connectivity index is 1.99. The summed E-state index contributed by atoms with van der Waals surface area (Å²) in [7, 11) is 1.56. The number of aryl methyl sites for hydroxylation is 1. The lowest BCUT2D eigenvalue weighted by atomic mass is 10.2. The lowest BCUT2D eigenvalue weighted by Crippen LogP contribution is -2.26. The van der Waals surface area contributed by atoms with Crippen molar-refractivity contribution in [3.63, 3.8) is 0 Å². The standard InChI is InChI=1S/C14H13F3N2O3/c1-9-7-12(18-22-9)13(20)19(2)8-10-3-5-11(6-4-10)21-14(15,16)17/h3-7H,8H2,1-2H3. The van der Waals surface area contributed by atoms with Crippen LogP contribution in [0.2, 0.25) is 0 Å². The molecule has 22 heavy (non-hydrogen) atoms. The van der Waals surface area contributed by atoms with Crippen LogP contribution in [-0.4, -0.2) is 29.4 Å². The number of alkyl halides is 3. The Kier molecular flexibility index (Phi) is 4.39. The lowest BCUT2D eigenvalue weighted by molar-refractivity contribution is -0.274. The topological polar surface area (TPSA) is 55.6 Å². The van der Waals surface area contributed by atoms with Gasteiger partial charge in [0.15, 0.2) is 5.69 Å². The van der Waals surface area contributed by atoms with Crippen molar-refractivity contribution in [2.75, 3.05) is 7.05 Å². The Labute approximate surface area is 124 Å². The van der Waals surface area contributed by atoms with Crippen molar-refractivity contribution in [2.45, 2.75) is 19.8 Å². The molecule has 0 saturated heterocycles. The van der Waals surface area contributed by atoms with Crippen LogP contribution in [0, 0.1) is 6.92 Å². The Hall–Kier alpha value is -2.51. The van der Waals surface area contributed by atoms with Crippen molar-refractivity contribution in [3.05, 3.63) is 47.3 Å². The highest BCUT2D eigenvalue weighted by molar-refractivity contribution is 5.92. The molecule has 118 valence electrons. The number of hydrogen-bond acceptors (Lipinski definition) is 4. The highest BCUT2D eigenvalue weighted by Gasteiger charge is 2.31. The monoisotopic (exact) mass is 314 g/mol. The second kappa shape index (κ2) is 6.08. The van der Waals surface area contributed by atoms with Gasteiger partial charge in [0.05, 0.1) is 0 Å². The van der Waals surface area contributed by atoms with Crippen molar-refractivity contribution < 1.29 is 27.2 Å². The molecule has 0 spiro atoms. The van der Waals surface area contributed by atoms with E-state index in [4.69, 9.17) is 4.52 Å². The van der Waals surface area contributed by atoms with E-state index in [1.54, 1.807) is 14.0 Å². The Morgan fingerprint density at radius 3 is 2.45 bits per heavy atom. The fourth-order valence-electron chi connectivity index (χ4n) is 1.80. The van der Waals surface area contributed by atoms with Crippen molar-refractivity contribution in [1.29, 1.82) is 0 Å². The number of rotatable bonds is 4. The fraction of sp³-hybridized carbons (Fsp3) is 0.286. The molecule has 8 heteroatoms. The van der Waals surface area contributed by atoms with Gasteiger partial charge in [-0.2, -0.15) is 0 Å². The second-order valence-corrected chi connectivity index (χ2v) is 4.68. The molecule has 1 aromatic heterocycles. The quantitative estimate of drug-likeness (QED) is 0.870. The number of carbonyl (C=O) groups is 1. The molecule has 0 atom stereocenters. The first kappa shape index (κ1) is 15.9. The summed E-state index contributed by atoms with van der Waals surface area (Å²) < 4.78 is 44.8. The summed E-state index contributed by atoms with van der Waals surface area (Å²) >= 11 is 0. The molecule has 0 fully saturated rings. The predicted octanol–water partition coefficient (Wildman–Crippen LogP) is 3.15. The Morgan fingerprint density at radius 2 is 1.95 bits per heavy atom. The number of carbonyl (C=O) groups excluding carboxylic acids is 1. The first-order chi connectivity index (χ1) is 10.2. The van der Waals surface area contributed by atoms with E-state index < -0.39 is 6.36 Å². The maximum atomic E-state index is 12.1. The van der Waals surface area contributed by atoms with Gasteiger partial charge in [0, 0.05) is 19.7 Å². The first-order valence-corrected chi connectivity index (χ1v) is 6.28. The van der Waals surface area contributed by atoms with Crippen LogP contribution in [0.1, 0.15) is 21.8 Å². The third-order valence-corrected chi connectivity index (χ3v) is 2.77. The summed E-state index contributed by atoms with van der Waals surface area (Å²) in [5.41, 5.74) is 0.836. The van der Waals surface area contributed by atoms with E-state index in [9.17, 15) is 18.0 Å². The summed E-state index contributed by atoms with van der Waals surface area (Å²) in [4.78, 5) is 13.4. The normalized spacial score (nSPS) is 11.3. The maximum Gasteiger partial charge on any atom is 0.573 e. The number of aromatic nitrogens is 1. The van der Waals surface area contributed by atoms with Crippen LogP contribution in [0.15, 0.2) is 34.9 Å². The lowest BCUT2D eigenvalue weighted by Gasteiger charge is -2.16. The Morgan fingerprint density at radius 1 is 1.32 bits per heavy atom. The average Bonchev–Trinajstić information content (AvgIpc) is 2.85. The molecule has 0 saturated carbocycles. The number of halogens is 3. The van der Waals surface area contributed by atoms with Crippen LogP contribution in [0.4, 0.5) is 13.2 Å². The van der Waals surface area contributed by atoms with E-state index in [-0.39, 0.29) is 23.9 Å².